The molecule has 2 atom stereocenters. The van der Waals surface area contributed by atoms with E-state index in [0.717, 1.165) is 0 Å². The Balaban J connectivity index is 3.14. The molecule has 3 heteroatoms. The van der Waals surface area contributed by atoms with E-state index in [-0.39, 0.29) is 4.83 Å². The lowest BCUT2D eigenvalue weighted by Crippen LogP contribution is -2.26. The lowest BCUT2D eigenvalue weighted by molar-refractivity contribution is 0.293. The van der Waals surface area contributed by atoms with Crippen molar-refractivity contribution in [3.63, 3.8) is 0 Å². The molecule has 1 unspecified atom stereocenters. The van der Waals surface area contributed by atoms with E-state index < -0.39 is 6.30 Å². The number of nitrogens with one attached hydrogen (secondary N) is 1. The molecule has 0 aromatic carbocycles. The van der Waals surface area contributed by atoms with Gasteiger partial charge in [-0.2, -0.15) is 0 Å². The van der Waals surface area contributed by atoms with Gasteiger partial charge in [0.2, 0.25) is 0 Å². The molecule has 0 aromatic heterocycles. The highest BCUT2D eigenvalue weighted by atomic mass is 79.9. The van der Waals surface area contributed by atoms with E-state index in [2.05, 4.69) is 21.2 Å². The first-order valence-electron chi connectivity index (χ1n) is 2.14. The summed E-state index contributed by atoms with van der Waals surface area (Å²) in [6, 6.07) is 0. The molecule has 0 aromatic rings. The first kappa shape index (κ1) is 7.37. The summed E-state index contributed by atoms with van der Waals surface area (Å²) in [6.07, 6.45) is -0.931. The van der Waals surface area contributed by atoms with Gasteiger partial charge in [0.25, 0.3) is 0 Å². The Kier molecular flexibility index (Phi) is 3.56. The van der Waals surface area contributed by atoms with Crippen molar-refractivity contribution >= 4 is 15.9 Å². The molecule has 44 valence electrons. The highest BCUT2D eigenvalue weighted by Gasteiger charge is 2.07. The molecule has 7 heavy (non-hydrogen) atoms. The van der Waals surface area contributed by atoms with Crippen molar-refractivity contribution < 1.29 is 4.39 Å². The molecule has 0 saturated carbocycles. The van der Waals surface area contributed by atoms with Crippen LogP contribution in [0, 0.1) is 0 Å². The van der Waals surface area contributed by atoms with Crippen molar-refractivity contribution in [1.82, 2.24) is 5.32 Å². The van der Waals surface area contributed by atoms with Crippen molar-refractivity contribution in [1.29, 1.82) is 0 Å². The zero-order valence-corrected chi connectivity index (χ0v) is 6.00. The van der Waals surface area contributed by atoms with E-state index in [9.17, 15) is 4.39 Å². The maximum Gasteiger partial charge on any atom is 0.163 e. The van der Waals surface area contributed by atoms with Crippen LogP contribution in [0.3, 0.4) is 0 Å². The Labute approximate surface area is 51.4 Å². The number of halogens is 2. The average molecular weight is 170 g/mol. The molecule has 0 saturated heterocycles. The second-order valence-corrected chi connectivity index (χ2v) is 2.81. The molecule has 0 bridgehead atoms. The third-order valence-corrected chi connectivity index (χ3v) is 1.14. The standard InChI is InChI=1S/C4H9BrFN/c1-3(5)4(6)7-2/h3-4,7H,1-2H3/t3?,4-/m1/s1. The predicted octanol–water partition coefficient (Wildman–Crippen LogP) is 1.28. The van der Waals surface area contributed by atoms with Crippen LogP contribution < -0.4 is 5.32 Å². The molecule has 0 aliphatic carbocycles. The number of rotatable bonds is 2. The quantitative estimate of drug-likeness (QED) is 0.486. The van der Waals surface area contributed by atoms with Gasteiger partial charge < -0.3 is 0 Å². The summed E-state index contributed by atoms with van der Waals surface area (Å²) in [5, 5.41) is 2.45. The largest absolute Gasteiger partial charge is 0.290 e. The summed E-state index contributed by atoms with van der Waals surface area (Å²) in [6.45, 7) is 1.75. The maximum absolute atomic E-state index is 12.1. The van der Waals surface area contributed by atoms with E-state index in [1.165, 1.54) is 0 Å². The summed E-state index contributed by atoms with van der Waals surface area (Å²) < 4.78 is 12.1. The smallest absolute Gasteiger partial charge is 0.163 e. The molecule has 1 N–H and O–H groups in total. The maximum atomic E-state index is 12.1. The molecule has 0 fully saturated rings. The third-order valence-electron chi connectivity index (χ3n) is 0.679. The van der Waals surface area contributed by atoms with Gasteiger partial charge >= 0.3 is 0 Å². The van der Waals surface area contributed by atoms with Gasteiger partial charge in [0.15, 0.2) is 6.30 Å². The van der Waals surface area contributed by atoms with Crippen LogP contribution in [0.5, 0.6) is 0 Å². The minimum Gasteiger partial charge on any atom is -0.290 e. The fraction of sp³-hybridized carbons (Fsp3) is 1.00. The van der Waals surface area contributed by atoms with Crippen molar-refractivity contribution in [3.05, 3.63) is 0 Å². The van der Waals surface area contributed by atoms with Crippen LogP contribution in [0.2, 0.25) is 0 Å². The van der Waals surface area contributed by atoms with Crippen molar-refractivity contribution in [2.24, 2.45) is 0 Å². The summed E-state index contributed by atoms with van der Waals surface area (Å²) in [5.74, 6) is 0. The number of hydrogen-bond acceptors (Lipinski definition) is 1. The zero-order valence-electron chi connectivity index (χ0n) is 4.41. The second-order valence-electron chi connectivity index (χ2n) is 1.37. The molecule has 0 spiro atoms. The summed E-state index contributed by atoms with van der Waals surface area (Å²) in [7, 11) is 1.59. The van der Waals surface area contributed by atoms with Gasteiger partial charge in [-0.3, -0.25) is 5.32 Å². The van der Waals surface area contributed by atoms with Gasteiger partial charge in [0, 0.05) is 0 Å². The van der Waals surface area contributed by atoms with Crippen LogP contribution in [0.25, 0.3) is 0 Å². The fourth-order valence-corrected chi connectivity index (χ4v) is 0.494. The minimum absolute atomic E-state index is 0.0995. The summed E-state index contributed by atoms with van der Waals surface area (Å²) in [5.41, 5.74) is 0. The van der Waals surface area contributed by atoms with Gasteiger partial charge in [-0.15, -0.1) is 0 Å². The lowest BCUT2D eigenvalue weighted by atomic mass is 10.4. The minimum atomic E-state index is -0.931. The molecular formula is C4H9BrFN. The Bertz CT molecular complexity index is 49.0. The van der Waals surface area contributed by atoms with Crippen LogP contribution in [-0.4, -0.2) is 18.2 Å². The van der Waals surface area contributed by atoms with Gasteiger partial charge in [0.05, 0.1) is 4.83 Å². The van der Waals surface area contributed by atoms with Crippen molar-refractivity contribution in [2.45, 2.75) is 18.0 Å². The topological polar surface area (TPSA) is 12.0 Å². The molecule has 0 radical (unpaired) electrons. The first-order chi connectivity index (χ1) is 3.18. The summed E-state index contributed by atoms with van der Waals surface area (Å²) in [4.78, 5) is -0.0995. The van der Waals surface area contributed by atoms with Gasteiger partial charge in [-0.25, -0.2) is 4.39 Å². The van der Waals surface area contributed by atoms with Crippen LogP contribution in [0.4, 0.5) is 4.39 Å². The molecular weight excluding hydrogens is 161 g/mol. The Morgan fingerprint density at radius 2 is 2.14 bits per heavy atom. The normalized spacial score (nSPS) is 18.9. The average Bonchev–Trinajstić information content (AvgIpc) is 1.65. The number of alkyl halides is 2. The third kappa shape index (κ3) is 3.00. The van der Waals surface area contributed by atoms with Gasteiger partial charge in [0.1, 0.15) is 0 Å². The predicted molar refractivity (Wildman–Crippen MR) is 32.3 cm³/mol. The lowest BCUT2D eigenvalue weighted by Gasteiger charge is -2.06. The van der Waals surface area contributed by atoms with E-state index in [4.69, 9.17) is 0 Å². The van der Waals surface area contributed by atoms with Crippen LogP contribution >= 0.6 is 15.9 Å². The van der Waals surface area contributed by atoms with E-state index in [0.29, 0.717) is 0 Å². The Morgan fingerprint density at radius 1 is 1.71 bits per heavy atom. The first-order valence-corrected chi connectivity index (χ1v) is 3.05. The number of hydrogen-bond donors (Lipinski definition) is 1. The van der Waals surface area contributed by atoms with Gasteiger partial charge in [-0.1, -0.05) is 15.9 Å². The molecule has 0 heterocycles. The summed E-state index contributed by atoms with van der Waals surface area (Å²) >= 11 is 3.06. The fourth-order valence-electron chi connectivity index (χ4n) is 0.230. The second kappa shape index (κ2) is 3.38. The van der Waals surface area contributed by atoms with Crippen LogP contribution in [0.15, 0.2) is 0 Å². The molecule has 0 aliphatic heterocycles. The Morgan fingerprint density at radius 3 is 2.14 bits per heavy atom. The van der Waals surface area contributed by atoms with Gasteiger partial charge in [-0.05, 0) is 14.0 Å². The van der Waals surface area contributed by atoms with Crippen LogP contribution in [-0.2, 0) is 0 Å². The van der Waals surface area contributed by atoms with Crippen molar-refractivity contribution in [2.75, 3.05) is 7.05 Å². The van der Waals surface area contributed by atoms with E-state index in [1.54, 1.807) is 14.0 Å². The van der Waals surface area contributed by atoms with E-state index >= 15 is 0 Å². The molecule has 0 aliphatic rings. The van der Waals surface area contributed by atoms with Crippen LogP contribution in [0.1, 0.15) is 6.92 Å². The monoisotopic (exact) mass is 169 g/mol. The SMILES string of the molecule is CN[C@@H](F)C(C)Br. The molecule has 1 nitrogen and oxygen atoms in total. The highest BCUT2D eigenvalue weighted by molar-refractivity contribution is 9.09. The zero-order chi connectivity index (χ0) is 5.86. The Hall–Kier alpha value is 0.370. The molecule has 0 amide bonds. The highest BCUT2D eigenvalue weighted by Crippen LogP contribution is 2.03. The van der Waals surface area contributed by atoms with E-state index in [1.807, 2.05) is 0 Å². The molecule has 0 rings (SSSR count). The van der Waals surface area contributed by atoms with Crippen molar-refractivity contribution in [3.8, 4) is 0 Å².